The van der Waals surface area contributed by atoms with Gasteiger partial charge < -0.3 is 9.13 Å². The number of para-hydroxylation sites is 2. The lowest BCUT2D eigenvalue weighted by atomic mass is 10.1. The first-order valence-corrected chi connectivity index (χ1v) is 8.78. The lowest BCUT2D eigenvalue weighted by Gasteiger charge is -2.07. The topological polar surface area (TPSA) is 50.8 Å². The smallest absolute Gasteiger partial charge is 0.203 e. The molecule has 0 fully saturated rings. The molecule has 0 unspecified atom stereocenters. The Morgan fingerprint density at radius 1 is 1.04 bits per heavy atom. The largest absolute Gasteiger partial charge is 0.310 e. The van der Waals surface area contributed by atoms with Crippen LogP contribution < -0.4 is 5.62 Å². The summed E-state index contributed by atoms with van der Waals surface area (Å²) in [7, 11) is 0. The minimum absolute atomic E-state index is 0.00782. The standard InChI is InChI=1S/C19H20BrN3O/c1-13(2)11-22-16-5-3-4-6-17(16)23(19(22)21)12-18(24)14-7-9-15(20)10-8-14/h3-10,13,21H,11-12H2,1-2H3. The van der Waals surface area contributed by atoms with E-state index in [0.29, 0.717) is 17.1 Å². The molecule has 0 aliphatic carbocycles. The maximum atomic E-state index is 12.6. The first kappa shape index (κ1) is 16.7. The van der Waals surface area contributed by atoms with E-state index >= 15 is 0 Å². The van der Waals surface area contributed by atoms with Crippen molar-refractivity contribution in [2.24, 2.45) is 5.92 Å². The van der Waals surface area contributed by atoms with Gasteiger partial charge in [0.15, 0.2) is 5.78 Å². The summed E-state index contributed by atoms with van der Waals surface area (Å²) in [6.45, 7) is 5.20. The lowest BCUT2D eigenvalue weighted by Crippen LogP contribution is -2.28. The zero-order valence-corrected chi connectivity index (χ0v) is 15.4. The van der Waals surface area contributed by atoms with E-state index in [1.807, 2.05) is 53.1 Å². The van der Waals surface area contributed by atoms with Gasteiger partial charge in [0.2, 0.25) is 5.62 Å². The molecule has 2 aromatic carbocycles. The summed E-state index contributed by atoms with van der Waals surface area (Å²) in [5, 5.41) is 8.52. The summed E-state index contributed by atoms with van der Waals surface area (Å²) in [4.78, 5) is 12.6. The van der Waals surface area contributed by atoms with E-state index in [4.69, 9.17) is 5.41 Å². The van der Waals surface area contributed by atoms with E-state index in [1.54, 1.807) is 4.57 Å². The molecule has 4 nitrogen and oxygen atoms in total. The van der Waals surface area contributed by atoms with Crippen LogP contribution in [0.5, 0.6) is 0 Å². The number of aromatic nitrogens is 2. The van der Waals surface area contributed by atoms with Gasteiger partial charge in [-0.1, -0.05) is 54.0 Å². The molecular formula is C19H20BrN3O. The monoisotopic (exact) mass is 385 g/mol. The summed E-state index contributed by atoms with van der Waals surface area (Å²) in [5.74, 6) is 0.439. The predicted molar refractivity (Wildman–Crippen MR) is 99.1 cm³/mol. The molecule has 1 aromatic heterocycles. The number of Topliss-reactive ketones (excluding diaryl/α,β-unsaturated/α-hetero) is 1. The third kappa shape index (κ3) is 3.22. The van der Waals surface area contributed by atoms with Crippen molar-refractivity contribution in [2.45, 2.75) is 26.9 Å². The first-order chi connectivity index (χ1) is 11.5. The molecule has 0 aliphatic rings. The van der Waals surface area contributed by atoms with E-state index in [-0.39, 0.29) is 12.3 Å². The molecule has 0 saturated carbocycles. The van der Waals surface area contributed by atoms with Gasteiger partial charge in [0.25, 0.3) is 0 Å². The number of halogens is 1. The van der Waals surface area contributed by atoms with Crippen LogP contribution in [-0.2, 0) is 13.1 Å². The van der Waals surface area contributed by atoms with Crippen LogP contribution in [0.1, 0.15) is 24.2 Å². The normalized spacial score (nSPS) is 11.3. The molecule has 5 heteroatoms. The van der Waals surface area contributed by atoms with Crippen LogP contribution in [0.15, 0.2) is 53.0 Å². The number of hydrogen-bond donors (Lipinski definition) is 1. The molecule has 3 aromatic rings. The number of hydrogen-bond acceptors (Lipinski definition) is 2. The van der Waals surface area contributed by atoms with Crippen molar-refractivity contribution in [3.63, 3.8) is 0 Å². The summed E-state index contributed by atoms with van der Waals surface area (Å²) in [6.07, 6.45) is 0. The highest BCUT2D eigenvalue weighted by atomic mass is 79.9. The fraction of sp³-hybridized carbons (Fsp3) is 0.263. The third-order valence-corrected chi connectivity index (χ3v) is 4.52. The molecule has 0 spiro atoms. The van der Waals surface area contributed by atoms with Crippen LogP contribution >= 0.6 is 15.9 Å². The second-order valence-corrected chi connectivity index (χ2v) is 7.25. The van der Waals surface area contributed by atoms with Crippen LogP contribution in [0.25, 0.3) is 11.0 Å². The number of nitrogens with zero attached hydrogens (tertiary/aromatic N) is 2. The zero-order chi connectivity index (χ0) is 17.3. The summed E-state index contributed by atoms with van der Waals surface area (Å²) >= 11 is 3.38. The maximum absolute atomic E-state index is 12.6. The van der Waals surface area contributed by atoms with Crippen molar-refractivity contribution in [3.8, 4) is 0 Å². The minimum atomic E-state index is 0.00782. The molecule has 124 valence electrons. The number of nitrogens with one attached hydrogen (secondary N) is 1. The fourth-order valence-electron chi connectivity index (χ4n) is 2.88. The van der Waals surface area contributed by atoms with Crippen molar-refractivity contribution < 1.29 is 4.79 Å². The fourth-order valence-corrected chi connectivity index (χ4v) is 3.14. The van der Waals surface area contributed by atoms with Gasteiger partial charge in [-0.25, -0.2) is 0 Å². The number of fused-ring (bicyclic) bond motifs is 1. The first-order valence-electron chi connectivity index (χ1n) is 7.99. The van der Waals surface area contributed by atoms with E-state index in [9.17, 15) is 4.79 Å². The molecule has 1 N–H and O–H groups in total. The number of rotatable bonds is 5. The van der Waals surface area contributed by atoms with Crippen molar-refractivity contribution in [1.82, 2.24) is 9.13 Å². The van der Waals surface area contributed by atoms with E-state index in [0.717, 1.165) is 22.1 Å². The summed E-state index contributed by atoms with van der Waals surface area (Å²) in [6, 6.07) is 15.2. The molecule has 24 heavy (non-hydrogen) atoms. The van der Waals surface area contributed by atoms with Crippen molar-refractivity contribution in [3.05, 3.63) is 64.2 Å². The minimum Gasteiger partial charge on any atom is -0.310 e. The number of carbonyl (C=O) groups excluding carboxylic acids is 1. The highest BCUT2D eigenvalue weighted by Crippen LogP contribution is 2.16. The number of carbonyl (C=O) groups is 1. The molecule has 0 aliphatic heterocycles. The quantitative estimate of drug-likeness (QED) is 0.656. The van der Waals surface area contributed by atoms with Crippen molar-refractivity contribution in [2.75, 3.05) is 0 Å². The SMILES string of the molecule is CC(C)Cn1c(=N)n(CC(=O)c2ccc(Br)cc2)c2ccccc21. The molecule has 0 saturated heterocycles. The number of benzene rings is 2. The van der Waals surface area contributed by atoms with E-state index < -0.39 is 0 Å². The van der Waals surface area contributed by atoms with Crippen LogP contribution in [0.2, 0.25) is 0 Å². The highest BCUT2D eigenvalue weighted by molar-refractivity contribution is 9.10. The third-order valence-electron chi connectivity index (χ3n) is 3.99. The highest BCUT2D eigenvalue weighted by Gasteiger charge is 2.15. The number of ketones is 1. The Morgan fingerprint density at radius 3 is 2.21 bits per heavy atom. The molecule has 0 radical (unpaired) electrons. The van der Waals surface area contributed by atoms with Crippen molar-refractivity contribution >= 4 is 32.7 Å². The Labute approximate surface area is 149 Å². The van der Waals surface area contributed by atoms with Gasteiger partial charge >= 0.3 is 0 Å². The lowest BCUT2D eigenvalue weighted by molar-refractivity contribution is 0.0971. The Balaban J connectivity index is 2.03. The Kier molecular flexibility index (Phi) is 4.71. The van der Waals surface area contributed by atoms with E-state index in [2.05, 4.69) is 29.8 Å². The predicted octanol–water partition coefficient (Wildman–Crippen LogP) is 4.22. The molecule has 1 heterocycles. The van der Waals surface area contributed by atoms with Crippen molar-refractivity contribution in [1.29, 1.82) is 5.41 Å². The van der Waals surface area contributed by atoms with Crippen LogP contribution in [0.4, 0.5) is 0 Å². The molecule has 3 rings (SSSR count). The molecule has 0 atom stereocenters. The molecule has 0 bridgehead atoms. The second-order valence-electron chi connectivity index (χ2n) is 6.33. The zero-order valence-electron chi connectivity index (χ0n) is 13.8. The maximum Gasteiger partial charge on any atom is 0.203 e. The van der Waals surface area contributed by atoms with Crippen LogP contribution in [0, 0.1) is 11.3 Å². The van der Waals surface area contributed by atoms with E-state index in [1.165, 1.54) is 0 Å². The summed E-state index contributed by atoms with van der Waals surface area (Å²) in [5.41, 5.74) is 2.95. The Bertz CT molecular complexity index is 935. The average Bonchev–Trinajstić information content (AvgIpc) is 2.81. The Hall–Kier alpha value is -2.14. The molecule has 0 amide bonds. The average molecular weight is 386 g/mol. The van der Waals surface area contributed by atoms with Crippen LogP contribution in [-0.4, -0.2) is 14.9 Å². The van der Waals surface area contributed by atoms with Gasteiger partial charge in [0.05, 0.1) is 17.6 Å². The van der Waals surface area contributed by atoms with Gasteiger partial charge in [-0.15, -0.1) is 0 Å². The number of imidazole rings is 1. The van der Waals surface area contributed by atoms with Gasteiger partial charge in [0.1, 0.15) is 0 Å². The van der Waals surface area contributed by atoms with Crippen LogP contribution in [0.3, 0.4) is 0 Å². The Morgan fingerprint density at radius 2 is 1.62 bits per heavy atom. The summed E-state index contributed by atoms with van der Waals surface area (Å²) < 4.78 is 4.72. The van der Waals surface area contributed by atoms with Gasteiger partial charge in [-0.3, -0.25) is 10.2 Å². The van der Waals surface area contributed by atoms with Gasteiger partial charge in [0, 0.05) is 16.6 Å². The molecular weight excluding hydrogens is 366 g/mol. The second kappa shape index (κ2) is 6.77. The van der Waals surface area contributed by atoms with Gasteiger partial charge in [-0.05, 0) is 30.2 Å². The van der Waals surface area contributed by atoms with Gasteiger partial charge in [-0.2, -0.15) is 0 Å².